The summed E-state index contributed by atoms with van der Waals surface area (Å²) in [4.78, 5) is 24.4. The minimum absolute atomic E-state index is 0.247. The number of carbonyl (C=O) groups excluding carboxylic acids is 2. The van der Waals surface area contributed by atoms with Gasteiger partial charge in [0.15, 0.2) is 0 Å². The summed E-state index contributed by atoms with van der Waals surface area (Å²) in [6.45, 7) is 1.77. The second kappa shape index (κ2) is 3.10. The Morgan fingerprint density at radius 3 is 2.00 bits per heavy atom. The molecule has 0 saturated heterocycles. The van der Waals surface area contributed by atoms with Crippen LogP contribution in [0.15, 0.2) is 36.5 Å². The summed E-state index contributed by atoms with van der Waals surface area (Å²) in [5.41, 5.74) is 0.964. The van der Waals surface area contributed by atoms with Crippen LogP contribution in [-0.2, 0) is 0 Å². The first kappa shape index (κ1) is 8.69. The number of rotatable bonds is 1. The molecule has 1 heterocycles. The molecule has 0 N–H and O–H groups in total. The van der Waals surface area contributed by atoms with Gasteiger partial charge in [0, 0.05) is 6.20 Å². The molecule has 3 nitrogen and oxygen atoms in total. The molecule has 0 radical (unpaired) electrons. The van der Waals surface area contributed by atoms with Gasteiger partial charge >= 0.3 is 0 Å². The average Bonchev–Trinajstić information content (AvgIpc) is 2.45. The van der Waals surface area contributed by atoms with E-state index in [9.17, 15) is 9.59 Å². The maximum absolute atomic E-state index is 11.7. The number of hydrogen-bond donors (Lipinski definition) is 0. The molecule has 1 aliphatic rings. The number of imide groups is 1. The first-order chi connectivity index (χ1) is 6.75. The van der Waals surface area contributed by atoms with E-state index in [-0.39, 0.29) is 11.8 Å². The molecule has 0 bridgehead atoms. The van der Waals surface area contributed by atoms with Gasteiger partial charge in [-0.05, 0) is 19.1 Å². The highest BCUT2D eigenvalue weighted by molar-refractivity contribution is 6.21. The predicted molar refractivity (Wildman–Crippen MR) is 51.8 cm³/mol. The van der Waals surface area contributed by atoms with Gasteiger partial charge in [-0.2, -0.15) is 0 Å². The van der Waals surface area contributed by atoms with Crippen LogP contribution in [0.3, 0.4) is 0 Å². The number of amides is 2. The van der Waals surface area contributed by atoms with Crippen LogP contribution < -0.4 is 0 Å². The Morgan fingerprint density at radius 2 is 1.57 bits per heavy atom. The zero-order chi connectivity index (χ0) is 10.1. The van der Waals surface area contributed by atoms with Crippen molar-refractivity contribution in [3.63, 3.8) is 0 Å². The maximum atomic E-state index is 11.7. The summed E-state index contributed by atoms with van der Waals surface area (Å²) < 4.78 is 0. The lowest BCUT2D eigenvalue weighted by molar-refractivity contribution is 0.0721. The number of carbonyl (C=O) groups is 2. The monoisotopic (exact) mass is 187 g/mol. The molecule has 1 aromatic carbocycles. The average molecular weight is 187 g/mol. The van der Waals surface area contributed by atoms with E-state index in [2.05, 4.69) is 0 Å². The van der Waals surface area contributed by atoms with Crippen molar-refractivity contribution < 1.29 is 9.59 Å². The van der Waals surface area contributed by atoms with Crippen molar-refractivity contribution in [2.45, 2.75) is 6.92 Å². The highest BCUT2D eigenvalue weighted by Gasteiger charge is 2.33. The summed E-state index contributed by atoms with van der Waals surface area (Å²) in [7, 11) is 0. The number of fused-ring (bicyclic) bond motifs is 1. The van der Waals surface area contributed by atoms with Crippen LogP contribution in [-0.4, -0.2) is 16.7 Å². The van der Waals surface area contributed by atoms with E-state index in [1.54, 1.807) is 37.3 Å². The summed E-state index contributed by atoms with van der Waals surface area (Å²) in [6, 6.07) is 6.84. The molecule has 0 aromatic heterocycles. The Hall–Kier alpha value is -1.90. The first-order valence-electron chi connectivity index (χ1n) is 4.35. The number of nitrogens with zero attached hydrogens (tertiary/aromatic N) is 1. The molecule has 0 aliphatic carbocycles. The van der Waals surface area contributed by atoms with Crippen molar-refractivity contribution in [1.29, 1.82) is 0 Å². The number of hydrogen-bond acceptors (Lipinski definition) is 2. The molecule has 14 heavy (non-hydrogen) atoms. The fourth-order valence-electron chi connectivity index (χ4n) is 1.49. The van der Waals surface area contributed by atoms with Crippen LogP contribution in [0.25, 0.3) is 0 Å². The lowest BCUT2D eigenvalue weighted by Gasteiger charge is -2.05. The molecule has 0 fully saturated rings. The molecule has 0 atom stereocenters. The van der Waals surface area contributed by atoms with Crippen LogP contribution in [0, 0.1) is 0 Å². The van der Waals surface area contributed by atoms with Crippen molar-refractivity contribution in [2.75, 3.05) is 0 Å². The van der Waals surface area contributed by atoms with Crippen molar-refractivity contribution in [1.82, 2.24) is 4.90 Å². The third-order valence-electron chi connectivity index (χ3n) is 2.12. The molecular weight excluding hydrogens is 178 g/mol. The largest absolute Gasteiger partial charge is 0.268 e. The van der Waals surface area contributed by atoms with Crippen molar-refractivity contribution in [2.24, 2.45) is 0 Å². The van der Waals surface area contributed by atoms with Gasteiger partial charge in [-0.25, -0.2) is 4.90 Å². The normalized spacial score (nSPS) is 15.4. The molecule has 2 amide bonds. The van der Waals surface area contributed by atoms with Crippen LogP contribution in [0.4, 0.5) is 0 Å². The molecule has 70 valence electrons. The van der Waals surface area contributed by atoms with Crippen molar-refractivity contribution >= 4 is 11.8 Å². The number of allylic oxidation sites excluding steroid dienone is 1. The van der Waals surface area contributed by atoms with E-state index in [4.69, 9.17) is 0 Å². The van der Waals surface area contributed by atoms with Crippen LogP contribution >= 0.6 is 0 Å². The third-order valence-corrected chi connectivity index (χ3v) is 2.12. The highest BCUT2D eigenvalue weighted by atomic mass is 16.2. The Bertz CT molecular complexity index is 400. The maximum Gasteiger partial charge on any atom is 0.265 e. The van der Waals surface area contributed by atoms with Crippen molar-refractivity contribution in [3.05, 3.63) is 47.7 Å². The SMILES string of the molecule is C/C=C\N1C(=O)c2ccccc2C1=O. The first-order valence-corrected chi connectivity index (χ1v) is 4.35. The fourth-order valence-corrected chi connectivity index (χ4v) is 1.49. The van der Waals surface area contributed by atoms with Gasteiger partial charge in [-0.1, -0.05) is 18.2 Å². The second-order valence-corrected chi connectivity index (χ2v) is 3.01. The molecule has 1 aromatic rings. The van der Waals surface area contributed by atoms with Gasteiger partial charge in [-0.15, -0.1) is 0 Å². The smallest absolute Gasteiger partial charge is 0.265 e. The summed E-state index contributed by atoms with van der Waals surface area (Å²) in [5.74, 6) is -0.493. The lowest BCUT2D eigenvalue weighted by atomic mass is 10.1. The predicted octanol–water partition coefficient (Wildman–Crippen LogP) is 1.82. The Morgan fingerprint density at radius 1 is 1.07 bits per heavy atom. The van der Waals surface area contributed by atoms with E-state index < -0.39 is 0 Å². The van der Waals surface area contributed by atoms with E-state index in [1.165, 1.54) is 6.20 Å². The molecule has 0 unspecified atom stereocenters. The van der Waals surface area contributed by atoms with Crippen molar-refractivity contribution in [3.8, 4) is 0 Å². The standard InChI is InChI=1S/C11H9NO2/c1-2-7-12-10(13)8-5-3-4-6-9(8)11(12)14/h2-7H,1H3/b7-2-. The molecule has 1 aliphatic heterocycles. The Labute approximate surface area is 81.6 Å². The summed E-state index contributed by atoms with van der Waals surface area (Å²) in [6.07, 6.45) is 3.16. The minimum atomic E-state index is -0.247. The zero-order valence-electron chi connectivity index (χ0n) is 7.73. The van der Waals surface area contributed by atoms with Crippen LogP contribution in [0.1, 0.15) is 27.6 Å². The quantitative estimate of drug-likeness (QED) is 0.629. The molecule has 0 spiro atoms. The minimum Gasteiger partial charge on any atom is -0.268 e. The van der Waals surface area contributed by atoms with E-state index >= 15 is 0 Å². The van der Waals surface area contributed by atoms with E-state index in [0.29, 0.717) is 11.1 Å². The van der Waals surface area contributed by atoms with Gasteiger partial charge in [0.1, 0.15) is 0 Å². The van der Waals surface area contributed by atoms with Crippen LogP contribution in [0.5, 0.6) is 0 Å². The fraction of sp³-hybridized carbons (Fsp3) is 0.0909. The lowest BCUT2D eigenvalue weighted by Crippen LogP contribution is -2.23. The topological polar surface area (TPSA) is 37.4 Å². The molecule has 3 heteroatoms. The van der Waals surface area contributed by atoms with Gasteiger partial charge in [0.05, 0.1) is 11.1 Å². The van der Waals surface area contributed by atoms with Gasteiger partial charge < -0.3 is 0 Å². The van der Waals surface area contributed by atoms with E-state index in [0.717, 1.165) is 4.90 Å². The van der Waals surface area contributed by atoms with E-state index in [1.807, 2.05) is 0 Å². The molecular formula is C11H9NO2. The van der Waals surface area contributed by atoms with Gasteiger partial charge in [0.25, 0.3) is 11.8 Å². The number of benzene rings is 1. The Balaban J connectivity index is 2.53. The van der Waals surface area contributed by atoms with Gasteiger partial charge in [-0.3, -0.25) is 9.59 Å². The molecule has 2 rings (SSSR count). The Kier molecular flexibility index (Phi) is 1.93. The summed E-state index contributed by atoms with van der Waals surface area (Å²) >= 11 is 0. The zero-order valence-corrected chi connectivity index (χ0v) is 7.73. The third kappa shape index (κ3) is 1.06. The second-order valence-electron chi connectivity index (χ2n) is 3.01. The van der Waals surface area contributed by atoms with Gasteiger partial charge in [0.2, 0.25) is 0 Å². The summed E-state index contributed by atoms with van der Waals surface area (Å²) in [5, 5.41) is 0. The van der Waals surface area contributed by atoms with Crippen LogP contribution in [0.2, 0.25) is 0 Å². The highest BCUT2D eigenvalue weighted by Crippen LogP contribution is 2.22. The molecule has 0 saturated carbocycles.